The predicted octanol–water partition coefficient (Wildman–Crippen LogP) is 1.62. The monoisotopic (exact) mass is 343 g/mol. The van der Waals surface area contributed by atoms with Gasteiger partial charge in [0.15, 0.2) is 5.82 Å². The lowest BCUT2D eigenvalue weighted by atomic mass is 10.1. The molecule has 1 aliphatic rings. The van der Waals surface area contributed by atoms with Gasteiger partial charge in [0.2, 0.25) is 0 Å². The molecule has 0 radical (unpaired) electrons. The van der Waals surface area contributed by atoms with Crippen LogP contribution in [0.3, 0.4) is 0 Å². The molecule has 2 N–H and O–H groups in total. The summed E-state index contributed by atoms with van der Waals surface area (Å²) in [5.74, 6) is 1.27. The third kappa shape index (κ3) is 4.24. The van der Waals surface area contributed by atoms with Crippen LogP contribution >= 0.6 is 0 Å². The Bertz CT molecular complexity index is 730. The summed E-state index contributed by atoms with van der Waals surface area (Å²) in [5, 5.41) is 9.99. The normalized spacial score (nSPS) is 19.6. The van der Waals surface area contributed by atoms with Crippen molar-refractivity contribution >= 4 is 5.91 Å². The molecule has 7 nitrogen and oxygen atoms in total. The zero-order valence-electron chi connectivity index (χ0n) is 15.0. The molecule has 0 aliphatic carbocycles. The van der Waals surface area contributed by atoms with Crippen LogP contribution in [0.25, 0.3) is 11.4 Å². The standard InChI is InChI=1S/C18H25N5O2/c1-12(23-7-8-25-11-13(23)2)10-19-18(24)16-6-4-5-15(9-16)17-20-14(3)21-22-17/h4-6,9,12-13H,7-8,10-11H2,1-3H3,(H,19,24)(H,20,21,22)/t12-,13-/m0/s1. The van der Waals surface area contributed by atoms with Crippen LogP contribution < -0.4 is 5.32 Å². The van der Waals surface area contributed by atoms with Gasteiger partial charge in [0.25, 0.3) is 5.91 Å². The largest absolute Gasteiger partial charge is 0.379 e. The minimum Gasteiger partial charge on any atom is -0.379 e. The van der Waals surface area contributed by atoms with Crippen molar-refractivity contribution in [2.75, 3.05) is 26.3 Å². The quantitative estimate of drug-likeness (QED) is 0.862. The number of ether oxygens (including phenoxy) is 1. The first-order valence-electron chi connectivity index (χ1n) is 8.65. The molecule has 1 aliphatic heterocycles. The number of rotatable bonds is 5. The number of H-pyrrole nitrogens is 1. The smallest absolute Gasteiger partial charge is 0.251 e. The van der Waals surface area contributed by atoms with Crippen LogP contribution in [0, 0.1) is 6.92 Å². The van der Waals surface area contributed by atoms with Crippen LogP contribution in [-0.4, -0.2) is 64.4 Å². The highest BCUT2D eigenvalue weighted by molar-refractivity contribution is 5.95. The number of nitrogens with zero attached hydrogens (tertiary/aromatic N) is 3. The molecule has 0 spiro atoms. The second kappa shape index (κ2) is 7.76. The van der Waals surface area contributed by atoms with Gasteiger partial charge in [0.1, 0.15) is 5.82 Å². The number of aryl methyl sites for hydroxylation is 1. The van der Waals surface area contributed by atoms with Crippen molar-refractivity contribution in [2.24, 2.45) is 0 Å². The van der Waals surface area contributed by atoms with Crippen LogP contribution in [0.15, 0.2) is 24.3 Å². The highest BCUT2D eigenvalue weighted by atomic mass is 16.5. The molecule has 0 saturated carbocycles. The molecule has 1 aromatic carbocycles. The fraction of sp³-hybridized carbons (Fsp3) is 0.500. The van der Waals surface area contributed by atoms with Crippen LogP contribution in [-0.2, 0) is 4.74 Å². The number of carbonyl (C=O) groups excluding carboxylic acids is 1. The topological polar surface area (TPSA) is 83.1 Å². The van der Waals surface area contributed by atoms with Crippen molar-refractivity contribution in [3.8, 4) is 11.4 Å². The predicted molar refractivity (Wildman–Crippen MR) is 95.3 cm³/mol. The lowest BCUT2D eigenvalue weighted by Crippen LogP contribution is -2.51. The Labute approximate surface area is 147 Å². The van der Waals surface area contributed by atoms with Gasteiger partial charge in [0.05, 0.1) is 13.2 Å². The van der Waals surface area contributed by atoms with Gasteiger partial charge < -0.3 is 10.1 Å². The summed E-state index contributed by atoms with van der Waals surface area (Å²) in [7, 11) is 0. The Morgan fingerprint density at radius 1 is 1.52 bits per heavy atom. The second-order valence-corrected chi connectivity index (χ2v) is 6.55. The number of carbonyl (C=O) groups is 1. The van der Waals surface area contributed by atoms with E-state index in [9.17, 15) is 4.79 Å². The molecule has 0 bridgehead atoms. The molecule has 0 unspecified atom stereocenters. The van der Waals surface area contributed by atoms with Gasteiger partial charge >= 0.3 is 0 Å². The van der Waals surface area contributed by atoms with Crippen LogP contribution in [0.2, 0.25) is 0 Å². The number of hydrogen-bond donors (Lipinski definition) is 2. The summed E-state index contributed by atoms with van der Waals surface area (Å²) >= 11 is 0. The van der Waals surface area contributed by atoms with E-state index in [0.717, 1.165) is 31.1 Å². The third-order valence-electron chi connectivity index (χ3n) is 4.52. The van der Waals surface area contributed by atoms with Crippen LogP contribution in [0.5, 0.6) is 0 Å². The van der Waals surface area contributed by atoms with Gasteiger partial charge in [-0.15, -0.1) is 0 Å². The van der Waals surface area contributed by atoms with Gasteiger partial charge in [-0.3, -0.25) is 14.8 Å². The van der Waals surface area contributed by atoms with E-state index < -0.39 is 0 Å². The Hall–Kier alpha value is -2.25. The Balaban J connectivity index is 1.61. The zero-order chi connectivity index (χ0) is 17.8. The van der Waals surface area contributed by atoms with E-state index in [2.05, 4.69) is 39.2 Å². The minimum absolute atomic E-state index is 0.0816. The molecule has 1 fully saturated rings. The van der Waals surface area contributed by atoms with Crippen molar-refractivity contribution < 1.29 is 9.53 Å². The minimum atomic E-state index is -0.0816. The first kappa shape index (κ1) is 17.6. The summed E-state index contributed by atoms with van der Waals surface area (Å²) in [6, 6.07) is 8.01. The van der Waals surface area contributed by atoms with E-state index in [0.29, 0.717) is 24.0 Å². The van der Waals surface area contributed by atoms with E-state index in [1.54, 1.807) is 6.07 Å². The highest BCUT2D eigenvalue weighted by Crippen LogP contribution is 2.16. The van der Waals surface area contributed by atoms with Crippen molar-refractivity contribution in [2.45, 2.75) is 32.9 Å². The molecular weight excluding hydrogens is 318 g/mol. The number of benzene rings is 1. The van der Waals surface area contributed by atoms with Crippen LogP contribution in [0.4, 0.5) is 0 Å². The lowest BCUT2D eigenvalue weighted by molar-refractivity contribution is -0.0178. The average Bonchev–Trinajstić information content (AvgIpc) is 3.06. The first-order valence-corrected chi connectivity index (χ1v) is 8.65. The van der Waals surface area contributed by atoms with Gasteiger partial charge in [-0.25, -0.2) is 4.98 Å². The van der Waals surface area contributed by atoms with Crippen molar-refractivity contribution in [3.63, 3.8) is 0 Å². The Morgan fingerprint density at radius 2 is 2.36 bits per heavy atom. The molecule has 2 aromatic rings. The molecule has 7 heteroatoms. The van der Waals surface area contributed by atoms with Crippen LogP contribution in [0.1, 0.15) is 30.0 Å². The van der Waals surface area contributed by atoms with E-state index in [4.69, 9.17) is 4.74 Å². The summed E-state index contributed by atoms with van der Waals surface area (Å²) in [5.41, 5.74) is 1.44. The highest BCUT2D eigenvalue weighted by Gasteiger charge is 2.24. The van der Waals surface area contributed by atoms with Gasteiger partial charge in [-0.2, -0.15) is 5.10 Å². The van der Waals surface area contributed by atoms with Gasteiger partial charge in [0, 0.05) is 36.3 Å². The maximum absolute atomic E-state index is 12.5. The summed E-state index contributed by atoms with van der Waals surface area (Å²) in [6.45, 7) is 9.14. The molecular formula is C18H25N5O2. The summed E-state index contributed by atoms with van der Waals surface area (Å²) in [4.78, 5) is 19.2. The molecule has 25 heavy (non-hydrogen) atoms. The first-order chi connectivity index (χ1) is 12.0. The zero-order valence-corrected chi connectivity index (χ0v) is 15.0. The van der Waals surface area contributed by atoms with Gasteiger partial charge in [-0.05, 0) is 32.9 Å². The number of nitrogens with one attached hydrogen (secondary N) is 2. The maximum Gasteiger partial charge on any atom is 0.251 e. The van der Waals surface area contributed by atoms with Crippen molar-refractivity contribution in [1.82, 2.24) is 25.4 Å². The molecule has 3 rings (SSSR count). The van der Waals surface area contributed by atoms with Gasteiger partial charge in [-0.1, -0.05) is 12.1 Å². The molecule has 1 amide bonds. The number of aromatic nitrogens is 3. The summed E-state index contributed by atoms with van der Waals surface area (Å²) in [6.07, 6.45) is 0. The molecule has 2 heterocycles. The number of hydrogen-bond acceptors (Lipinski definition) is 5. The number of aromatic amines is 1. The molecule has 2 atom stereocenters. The summed E-state index contributed by atoms with van der Waals surface area (Å²) < 4.78 is 5.47. The number of morpholine rings is 1. The van der Waals surface area contributed by atoms with E-state index in [1.165, 1.54) is 0 Å². The van der Waals surface area contributed by atoms with Crippen molar-refractivity contribution in [1.29, 1.82) is 0 Å². The lowest BCUT2D eigenvalue weighted by Gasteiger charge is -2.37. The SMILES string of the molecule is Cc1nc(-c2cccc(C(=O)NC[C@H](C)N3CCOC[C@@H]3C)c2)n[nH]1. The third-order valence-corrected chi connectivity index (χ3v) is 4.52. The fourth-order valence-electron chi connectivity index (χ4n) is 3.13. The van der Waals surface area contributed by atoms with E-state index >= 15 is 0 Å². The van der Waals surface area contributed by atoms with E-state index in [-0.39, 0.29) is 11.9 Å². The average molecular weight is 343 g/mol. The number of amides is 1. The van der Waals surface area contributed by atoms with E-state index in [1.807, 2.05) is 25.1 Å². The Morgan fingerprint density at radius 3 is 3.08 bits per heavy atom. The fourth-order valence-corrected chi connectivity index (χ4v) is 3.13. The second-order valence-electron chi connectivity index (χ2n) is 6.55. The molecule has 1 aromatic heterocycles. The van der Waals surface area contributed by atoms with Crippen molar-refractivity contribution in [3.05, 3.63) is 35.7 Å². The molecule has 134 valence electrons. The Kier molecular flexibility index (Phi) is 5.45. The molecule has 1 saturated heterocycles. The maximum atomic E-state index is 12.5.